The zero-order chi connectivity index (χ0) is 20.5. The fourth-order valence-electron chi connectivity index (χ4n) is 3.52. The summed E-state index contributed by atoms with van der Waals surface area (Å²) in [5.74, 6) is -0.140. The molecular weight excluding hydrogens is 379 g/mol. The molecule has 28 heavy (non-hydrogen) atoms. The Morgan fingerprint density at radius 1 is 1.14 bits per heavy atom. The molecule has 1 aromatic heterocycles. The van der Waals surface area contributed by atoms with Crippen LogP contribution in [0, 0.1) is 0 Å². The predicted octanol–water partition coefficient (Wildman–Crippen LogP) is 0.380. The summed E-state index contributed by atoms with van der Waals surface area (Å²) in [5.41, 5.74) is -1.13. The summed E-state index contributed by atoms with van der Waals surface area (Å²) in [4.78, 5) is 11.3. The van der Waals surface area contributed by atoms with Crippen LogP contribution < -0.4 is 5.32 Å². The SMILES string of the molecule is CC(C)N1CCN([C@H]2OCC(Nc3cncc(C(F)(F)F)n3)[C@@H](O)[C@H]2O)CC1. The van der Waals surface area contributed by atoms with Gasteiger partial charge in [-0.2, -0.15) is 13.2 Å². The van der Waals surface area contributed by atoms with Gasteiger partial charge in [-0.25, -0.2) is 4.98 Å². The summed E-state index contributed by atoms with van der Waals surface area (Å²) in [6, 6.07) is -0.368. The van der Waals surface area contributed by atoms with Crippen molar-refractivity contribution in [1.29, 1.82) is 0 Å². The highest BCUT2D eigenvalue weighted by molar-refractivity contribution is 5.34. The number of hydrogen-bond acceptors (Lipinski definition) is 8. The van der Waals surface area contributed by atoms with E-state index in [9.17, 15) is 23.4 Å². The first-order chi connectivity index (χ1) is 13.2. The first-order valence-corrected chi connectivity index (χ1v) is 9.28. The van der Waals surface area contributed by atoms with Crippen molar-refractivity contribution < 1.29 is 28.1 Å². The predicted molar refractivity (Wildman–Crippen MR) is 94.5 cm³/mol. The highest BCUT2D eigenvalue weighted by atomic mass is 19.4. The molecule has 0 spiro atoms. The molecule has 11 heteroatoms. The van der Waals surface area contributed by atoms with E-state index in [0.29, 0.717) is 25.3 Å². The van der Waals surface area contributed by atoms with Gasteiger partial charge >= 0.3 is 6.18 Å². The molecule has 0 radical (unpaired) electrons. The number of hydrogen-bond donors (Lipinski definition) is 3. The summed E-state index contributed by atoms with van der Waals surface area (Å²) in [6.07, 6.45) is -5.94. The maximum atomic E-state index is 12.8. The second kappa shape index (κ2) is 8.46. The largest absolute Gasteiger partial charge is 0.434 e. The molecule has 2 aliphatic heterocycles. The Hall–Kier alpha value is -1.53. The lowest BCUT2D eigenvalue weighted by Crippen LogP contribution is -2.63. The first kappa shape index (κ1) is 21.2. The topological polar surface area (TPSA) is 94.0 Å². The van der Waals surface area contributed by atoms with E-state index in [1.807, 2.05) is 4.90 Å². The number of anilines is 1. The van der Waals surface area contributed by atoms with Gasteiger partial charge in [0, 0.05) is 32.2 Å². The maximum absolute atomic E-state index is 12.8. The van der Waals surface area contributed by atoms with E-state index in [1.165, 1.54) is 0 Å². The molecule has 1 aromatic rings. The van der Waals surface area contributed by atoms with Gasteiger partial charge in [0.1, 0.15) is 24.3 Å². The molecule has 0 saturated carbocycles. The Labute approximate surface area is 161 Å². The average Bonchev–Trinajstić information content (AvgIpc) is 2.65. The highest BCUT2D eigenvalue weighted by Crippen LogP contribution is 2.28. The molecule has 0 bridgehead atoms. The number of nitrogens with zero attached hydrogens (tertiary/aromatic N) is 4. The summed E-state index contributed by atoms with van der Waals surface area (Å²) in [6.45, 7) is 7.33. The van der Waals surface area contributed by atoms with Crippen molar-refractivity contribution >= 4 is 5.82 Å². The summed E-state index contributed by atoms with van der Waals surface area (Å²) in [7, 11) is 0. The van der Waals surface area contributed by atoms with Gasteiger partial charge in [-0.05, 0) is 13.8 Å². The number of aliphatic hydroxyl groups excluding tert-OH is 2. The van der Waals surface area contributed by atoms with Crippen LogP contribution in [-0.4, -0.2) is 93.3 Å². The van der Waals surface area contributed by atoms with Crippen LogP contribution in [0.3, 0.4) is 0 Å². The summed E-state index contributed by atoms with van der Waals surface area (Å²) in [5, 5.41) is 23.7. The minimum Gasteiger partial charge on any atom is -0.388 e. The van der Waals surface area contributed by atoms with E-state index >= 15 is 0 Å². The molecule has 0 aromatic carbocycles. The molecule has 3 heterocycles. The van der Waals surface area contributed by atoms with Gasteiger partial charge in [0.25, 0.3) is 0 Å². The molecule has 3 N–H and O–H groups in total. The van der Waals surface area contributed by atoms with Crippen LogP contribution in [0.2, 0.25) is 0 Å². The normalized spacial score (nSPS) is 30.6. The van der Waals surface area contributed by atoms with Gasteiger partial charge in [-0.15, -0.1) is 0 Å². The molecule has 1 unspecified atom stereocenters. The Kier molecular flexibility index (Phi) is 6.40. The lowest BCUT2D eigenvalue weighted by molar-refractivity contribution is -0.201. The van der Waals surface area contributed by atoms with Crippen molar-refractivity contribution in [2.75, 3.05) is 38.1 Å². The van der Waals surface area contributed by atoms with Gasteiger partial charge < -0.3 is 20.3 Å². The van der Waals surface area contributed by atoms with Crippen LogP contribution in [0.25, 0.3) is 0 Å². The molecule has 2 aliphatic rings. The number of ether oxygens (including phenoxy) is 1. The van der Waals surface area contributed by atoms with Crippen molar-refractivity contribution in [1.82, 2.24) is 19.8 Å². The second-order valence-electron chi connectivity index (χ2n) is 7.41. The quantitative estimate of drug-likeness (QED) is 0.662. The average molecular weight is 405 g/mol. The fourth-order valence-corrected chi connectivity index (χ4v) is 3.52. The zero-order valence-corrected chi connectivity index (χ0v) is 15.8. The number of aromatic nitrogens is 2. The number of halogens is 3. The molecule has 8 nitrogen and oxygen atoms in total. The molecule has 0 amide bonds. The standard InChI is InChI=1S/C17H26F3N5O3/c1-10(2)24-3-5-25(6-4-24)16-15(27)14(26)11(9-28-16)22-13-8-21-7-12(23-13)17(18,19)20/h7-8,10-11,14-16,26-27H,3-6,9H2,1-2H3,(H,22,23)/t11?,14-,15-,16+/m1/s1. The van der Waals surface area contributed by atoms with E-state index in [4.69, 9.17) is 4.74 Å². The molecule has 158 valence electrons. The zero-order valence-electron chi connectivity index (χ0n) is 15.8. The van der Waals surface area contributed by atoms with Crippen LogP contribution in [-0.2, 0) is 10.9 Å². The smallest absolute Gasteiger partial charge is 0.388 e. The van der Waals surface area contributed by atoms with E-state index in [0.717, 1.165) is 19.3 Å². The van der Waals surface area contributed by atoms with Gasteiger partial charge in [-0.1, -0.05) is 0 Å². The number of rotatable bonds is 4. The van der Waals surface area contributed by atoms with Gasteiger partial charge in [-0.3, -0.25) is 14.8 Å². The Bertz CT molecular complexity index is 655. The van der Waals surface area contributed by atoms with Crippen molar-refractivity contribution in [3.63, 3.8) is 0 Å². The lowest BCUT2D eigenvalue weighted by Gasteiger charge is -2.46. The van der Waals surface area contributed by atoms with Crippen molar-refractivity contribution in [2.24, 2.45) is 0 Å². The van der Waals surface area contributed by atoms with Crippen molar-refractivity contribution in [3.05, 3.63) is 18.1 Å². The van der Waals surface area contributed by atoms with E-state index in [2.05, 4.69) is 34.0 Å². The third kappa shape index (κ3) is 4.71. The lowest BCUT2D eigenvalue weighted by atomic mass is 10.0. The molecule has 2 fully saturated rings. The number of alkyl halides is 3. The molecule has 4 atom stereocenters. The van der Waals surface area contributed by atoms with Crippen LogP contribution in [0.1, 0.15) is 19.5 Å². The highest BCUT2D eigenvalue weighted by Gasteiger charge is 2.42. The summed E-state index contributed by atoms with van der Waals surface area (Å²) >= 11 is 0. The molecule has 2 saturated heterocycles. The van der Waals surface area contributed by atoms with Crippen molar-refractivity contribution in [2.45, 2.75) is 50.5 Å². The van der Waals surface area contributed by atoms with E-state index in [-0.39, 0.29) is 12.4 Å². The monoisotopic (exact) mass is 405 g/mol. The maximum Gasteiger partial charge on any atom is 0.434 e. The number of piperazine rings is 1. The van der Waals surface area contributed by atoms with Gasteiger partial charge in [0.2, 0.25) is 0 Å². The van der Waals surface area contributed by atoms with Crippen molar-refractivity contribution in [3.8, 4) is 0 Å². The molecular formula is C17H26F3N5O3. The second-order valence-corrected chi connectivity index (χ2v) is 7.41. The number of nitrogens with one attached hydrogen (secondary N) is 1. The summed E-state index contributed by atoms with van der Waals surface area (Å²) < 4.78 is 44.0. The van der Waals surface area contributed by atoms with Crippen LogP contribution in [0.15, 0.2) is 12.4 Å². The van der Waals surface area contributed by atoms with Gasteiger partial charge in [0.15, 0.2) is 5.69 Å². The van der Waals surface area contributed by atoms with Gasteiger partial charge in [0.05, 0.1) is 25.0 Å². The van der Waals surface area contributed by atoms with E-state index < -0.39 is 36.3 Å². The third-order valence-electron chi connectivity index (χ3n) is 5.20. The molecule has 0 aliphatic carbocycles. The fraction of sp³-hybridized carbons (Fsp3) is 0.765. The Morgan fingerprint density at radius 3 is 2.43 bits per heavy atom. The van der Waals surface area contributed by atoms with Crippen LogP contribution in [0.4, 0.5) is 19.0 Å². The van der Waals surface area contributed by atoms with Crippen LogP contribution in [0.5, 0.6) is 0 Å². The first-order valence-electron chi connectivity index (χ1n) is 9.28. The third-order valence-corrected chi connectivity index (χ3v) is 5.20. The molecule has 3 rings (SSSR count). The van der Waals surface area contributed by atoms with E-state index in [1.54, 1.807) is 0 Å². The minimum atomic E-state index is -4.62. The number of aliphatic hydroxyl groups is 2. The Morgan fingerprint density at radius 2 is 1.82 bits per heavy atom. The minimum absolute atomic E-state index is 0.0191. The Balaban J connectivity index is 1.60. The van der Waals surface area contributed by atoms with Crippen LogP contribution >= 0.6 is 0 Å².